The van der Waals surface area contributed by atoms with Crippen LogP contribution in [0, 0.1) is 0 Å². The van der Waals surface area contributed by atoms with E-state index in [-0.39, 0.29) is 46.4 Å². The minimum atomic E-state index is -4.39. The molecule has 4 aromatic rings. The molecule has 1 aliphatic heterocycles. The molecule has 1 unspecified atom stereocenters. The number of rotatable bonds is 5. The van der Waals surface area contributed by atoms with E-state index < -0.39 is 39.7 Å². The molecule has 9 nitrogen and oxygen atoms in total. The van der Waals surface area contributed by atoms with Crippen molar-refractivity contribution in [3.05, 3.63) is 76.5 Å². The molecule has 3 aromatic heterocycles. The van der Waals surface area contributed by atoms with Crippen molar-refractivity contribution in [2.24, 2.45) is 0 Å². The molecule has 1 amide bonds. The Hall–Kier alpha value is -3.68. The number of hydrogen-bond donors (Lipinski definition) is 1. The lowest BCUT2D eigenvalue weighted by Crippen LogP contribution is -2.24. The van der Waals surface area contributed by atoms with E-state index in [2.05, 4.69) is 25.3 Å². The summed E-state index contributed by atoms with van der Waals surface area (Å²) in [6, 6.07) is 9.08. The molecule has 1 saturated carbocycles. The van der Waals surface area contributed by atoms with Gasteiger partial charge in [0.15, 0.2) is 0 Å². The van der Waals surface area contributed by atoms with Gasteiger partial charge in [-0.05, 0) is 36.4 Å². The molecule has 0 bridgehead atoms. The van der Waals surface area contributed by atoms with Gasteiger partial charge in [0.2, 0.25) is 15.3 Å². The highest BCUT2D eigenvalue weighted by molar-refractivity contribution is 7.92. The molecule has 1 aromatic carbocycles. The van der Waals surface area contributed by atoms with E-state index in [1.165, 1.54) is 12.3 Å². The van der Waals surface area contributed by atoms with Crippen molar-refractivity contribution < 1.29 is 31.1 Å². The van der Waals surface area contributed by atoms with Gasteiger partial charge in [-0.15, -0.1) is 0 Å². The first-order chi connectivity index (χ1) is 19.0. The summed E-state index contributed by atoms with van der Waals surface area (Å²) in [6.45, 7) is -0.867. The van der Waals surface area contributed by atoms with Gasteiger partial charge in [0.1, 0.15) is 5.82 Å². The maximum absolute atomic E-state index is 14.2. The van der Waals surface area contributed by atoms with Gasteiger partial charge in [-0.25, -0.2) is 36.5 Å². The van der Waals surface area contributed by atoms with Crippen LogP contribution in [0.3, 0.4) is 0 Å². The van der Waals surface area contributed by atoms with E-state index in [4.69, 9.17) is 16.3 Å². The van der Waals surface area contributed by atoms with Gasteiger partial charge < -0.3 is 10.1 Å². The zero-order chi connectivity index (χ0) is 28.2. The summed E-state index contributed by atoms with van der Waals surface area (Å²) in [7, 11) is -4.39. The van der Waals surface area contributed by atoms with Crippen molar-refractivity contribution in [3.8, 4) is 11.4 Å². The molecule has 4 heterocycles. The number of halogens is 4. The highest BCUT2D eigenvalue weighted by Crippen LogP contribution is 2.54. The molecule has 40 heavy (non-hydrogen) atoms. The summed E-state index contributed by atoms with van der Waals surface area (Å²) < 4.78 is 71.3. The second-order valence-corrected chi connectivity index (χ2v) is 11.9. The van der Waals surface area contributed by atoms with E-state index in [0.717, 1.165) is 6.07 Å². The number of benzene rings is 1. The highest BCUT2D eigenvalue weighted by Gasteiger charge is 2.59. The van der Waals surface area contributed by atoms with Crippen LogP contribution in [0.5, 0.6) is 0 Å². The molecule has 0 spiro atoms. The average Bonchev–Trinajstić information content (AvgIpc) is 3.61. The zero-order valence-electron chi connectivity index (χ0n) is 20.4. The topological polar surface area (TPSA) is 124 Å². The summed E-state index contributed by atoms with van der Waals surface area (Å²) in [5, 5.41) is 3.32. The summed E-state index contributed by atoms with van der Waals surface area (Å²) >= 11 is 6.22. The second kappa shape index (κ2) is 9.75. The van der Waals surface area contributed by atoms with E-state index in [0.29, 0.717) is 28.0 Å². The third-order valence-electron chi connectivity index (χ3n) is 6.69. The first-order valence-corrected chi connectivity index (χ1v) is 14.0. The molecule has 14 heteroatoms. The van der Waals surface area contributed by atoms with Crippen molar-refractivity contribution in [2.45, 2.75) is 41.8 Å². The molecule has 0 saturated heterocycles. The van der Waals surface area contributed by atoms with Gasteiger partial charge in [0, 0.05) is 40.4 Å². The Labute approximate surface area is 230 Å². The fourth-order valence-corrected chi connectivity index (χ4v) is 6.05. The van der Waals surface area contributed by atoms with Crippen molar-refractivity contribution in [3.63, 3.8) is 0 Å². The van der Waals surface area contributed by atoms with Crippen LogP contribution in [0.1, 0.15) is 39.8 Å². The number of sulfone groups is 1. The third kappa shape index (κ3) is 4.88. The lowest BCUT2D eigenvalue weighted by Gasteiger charge is -2.12. The smallest absolute Gasteiger partial charge is 0.259 e. The lowest BCUT2D eigenvalue weighted by atomic mass is 10.1. The van der Waals surface area contributed by atoms with Crippen LogP contribution in [-0.2, 0) is 27.7 Å². The van der Waals surface area contributed by atoms with Crippen molar-refractivity contribution in [1.82, 2.24) is 25.3 Å². The van der Waals surface area contributed by atoms with Crippen molar-refractivity contribution in [2.75, 3.05) is 6.61 Å². The number of carbonyl (C=O) groups is 1. The van der Waals surface area contributed by atoms with Gasteiger partial charge in [-0.2, -0.15) is 0 Å². The summed E-state index contributed by atoms with van der Waals surface area (Å²) in [6.07, 6.45) is 2.71. The second-order valence-electron chi connectivity index (χ2n) is 9.47. The van der Waals surface area contributed by atoms with Crippen molar-refractivity contribution in [1.29, 1.82) is 0 Å². The van der Waals surface area contributed by atoms with Crippen molar-refractivity contribution >= 4 is 38.2 Å². The number of nitrogens with one attached hydrogen (secondary N) is 1. The van der Waals surface area contributed by atoms with E-state index in [1.54, 1.807) is 30.5 Å². The predicted octanol–water partition coefficient (Wildman–Crippen LogP) is 4.39. The third-order valence-corrected chi connectivity index (χ3v) is 8.81. The number of hydrogen-bond acceptors (Lipinski definition) is 8. The maximum atomic E-state index is 14.2. The van der Waals surface area contributed by atoms with E-state index in [9.17, 15) is 26.4 Å². The number of ether oxygens (including phenoxy) is 1. The fraction of sp³-hybridized carbons (Fsp3) is 0.269. The monoisotopic (exact) mass is 589 g/mol. The molecular formula is C26H19ClF3N5O4S. The Morgan fingerprint density at radius 3 is 2.67 bits per heavy atom. The summed E-state index contributed by atoms with van der Waals surface area (Å²) in [4.78, 5) is 29.6. The Morgan fingerprint density at radius 2 is 1.90 bits per heavy atom. The Balaban J connectivity index is 1.22. The Morgan fingerprint density at radius 1 is 1.12 bits per heavy atom. The van der Waals surface area contributed by atoms with Crippen LogP contribution in [-0.4, -0.2) is 52.3 Å². The molecule has 0 radical (unpaired) electrons. The average molecular weight is 590 g/mol. The molecular weight excluding hydrogens is 571 g/mol. The summed E-state index contributed by atoms with van der Waals surface area (Å²) in [5.41, 5.74) is -0.416. The standard InChI is InChI=1S/C26H19ClF3N5O4S/c27-18-5-14(6-22-16(18)11-39-12-23(28)40(22,37)38)25(36)33-10-15-7-21-13(9-32-15)1-2-19(34-21)20-3-4-31-24(35-20)17-8-26(17,29)30/h1-7,9,17,23H,8,10-12H2,(H,33,36)/t17?,23-/m1/s1. The zero-order valence-corrected chi connectivity index (χ0v) is 22.0. The largest absolute Gasteiger partial charge is 0.373 e. The van der Waals surface area contributed by atoms with E-state index >= 15 is 0 Å². The number of amides is 1. The van der Waals surface area contributed by atoms with Crippen LogP contribution in [0.2, 0.25) is 5.02 Å². The van der Waals surface area contributed by atoms with Gasteiger partial charge in [0.05, 0.1) is 53.2 Å². The molecule has 1 fully saturated rings. The SMILES string of the molecule is O=C(NCc1cc2nc(-c3ccnc(C4CC4(F)F)n3)ccc2cn1)c1cc(Cl)c2c(c1)S(=O)(=O)[C@@H](F)COC2. The molecule has 2 aliphatic rings. The van der Waals surface area contributed by atoms with Crippen LogP contribution >= 0.6 is 11.6 Å². The molecule has 206 valence electrons. The molecule has 6 rings (SSSR count). The summed E-state index contributed by atoms with van der Waals surface area (Å²) in [5.74, 6) is -4.35. The Kier molecular flexibility index (Phi) is 6.47. The van der Waals surface area contributed by atoms with Crippen LogP contribution < -0.4 is 5.32 Å². The predicted molar refractivity (Wildman–Crippen MR) is 137 cm³/mol. The fourth-order valence-electron chi connectivity index (χ4n) is 4.37. The lowest BCUT2D eigenvalue weighted by molar-refractivity contribution is 0.0947. The molecule has 1 aliphatic carbocycles. The number of pyridine rings is 2. The van der Waals surface area contributed by atoms with Gasteiger partial charge >= 0.3 is 0 Å². The number of nitrogens with zero attached hydrogens (tertiary/aromatic N) is 4. The first-order valence-electron chi connectivity index (χ1n) is 12.1. The minimum Gasteiger partial charge on any atom is -0.373 e. The van der Waals surface area contributed by atoms with Gasteiger partial charge in [-0.1, -0.05) is 11.6 Å². The van der Waals surface area contributed by atoms with Crippen LogP contribution in [0.4, 0.5) is 13.2 Å². The van der Waals surface area contributed by atoms with Gasteiger partial charge in [-0.3, -0.25) is 9.78 Å². The highest BCUT2D eigenvalue weighted by atomic mass is 35.5. The number of fused-ring (bicyclic) bond motifs is 2. The Bertz CT molecular complexity index is 1790. The number of alkyl halides is 3. The molecule has 2 atom stereocenters. The maximum Gasteiger partial charge on any atom is 0.259 e. The van der Waals surface area contributed by atoms with Gasteiger partial charge in [0.25, 0.3) is 11.8 Å². The van der Waals surface area contributed by atoms with Crippen LogP contribution in [0.25, 0.3) is 22.3 Å². The number of aromatic nitrogens is 4. The molecule has 1 N–H and O–H groups in total. The quantitative estimate of drug-likeness (QED) is 0.363. The number of carbonyl (C=O) groups excluding carboxylic acids is 1. The normalized spacial score (nSPS) is 20.9. The first kappa shape index (κ1) is 26.5. The van der Waals surface area contributed by atoms with E-state index in [1.807, 2.05) is 0 Å². The minimum absolute atomic E-state index is 0.0285. The van der Waals surface area contributed by atoms with Crippen LogP contribution in [0.15, 0.2) is 53.7 Å².